The molecule has 3 N–H and O–H groups in total. The molecular formula is C29H32ClN7O3S. The van der Waals surface area contributed by atoms with Gasteiger partial charge in [-0.15, -0.1) is 12.4 Å². The minimum absolute atomic E-state index is 0. The van der Waals surface area contributed by atoms with Crippen molar-refractivity contribution >= 4 is 56.5 Å². The van der Waals surface area contributed by atoms with Gasteiger partial charge < -0.3 is 25.3 Å². The molecule has 5 aromatic rings. The molecule has 12 heteroatoms. The molecule has 0 spiro atoms. The van der Waals surface area contributed by atoms with Crippen molar-refractivity contribution in [1.29, 1.82) is 0 Å². The number of benzene rings is 3. The molecule has 0 unspecified atom stereocenters. The first-order valence-electron chi connectivity index (χ1n) is 12.6. The standard InChI is InChI=1S/C29H31N7O3S.ClH/c1-30-23-12-13-25-27(35-29(36(25)2)32-17-19-8-10-22(39-3)11-9-19)26(23)24-14-15-31-28(34-24)33-21-7-5-6-20(16-21)18-40(4,37)38;/h5-16,30H,17-18H2,1-4H3,(H,32,35)(H,31,33,34);1H. The lowest BCUT2D eigenvalue weighted by Crippen LogP contribution is -2.04. The predicted octanol–water partition coefficient (Wildman–Crippen LogP) is 5.40. The van der Waals surface area contributed by atoms with Crippen LogP contribution in [-0.4, -0.2) is 48.4 Å². The van der Waals surface area contributed by atoms with Gasteiger partial charge in [0.05, 0.1) is 29.6 Å². The number of rotatable bonds is 10. The Hall–Kier alpha value is -4.35. The van der Waals surface area contributed by atoms with E-state index in [1.807, 2.05) is 67.2 Å². The molecule has 10 nitrogen and oxygen atoms in total. The van der Waals surface area contributed by atoms with E-state index in [0.29, 0.717) is 29.4 Å². The van der Waals surface area contributed by atoms with Gasteiger partial charge in [-0.3, -0.25) is 0 Å². The van der Waals surface area contributed by atoms with E-state index in [1.165, 1.54) is 6.26 Å². The second kappa shape index (κ2) is 12.4. The molecule has 3 aromatic carbocycles. The fraction of sp³-hybridized carbons (Fsp3) is 0.207. The summed E-state index contributed by atoms with van der Waals surface area (Å²) in [7, 11) is 2.35. The fourth-order valence-electron chi connectivity index (χ4n) is 4.54. The van der Waals surface area contributed by atoms with Crippen molar-refractivity contribution in [3.63, 3.8) is 0 Å². The predicted molar refractivity (Wildman–Crippen MR) is 167 cm³/mol. The largest absolute Gasteiger partial charge is 0.497 e. The van der Waals surface area contributed by atoms with E-state index in [1.54, 1.807) is 31.5 Å². The molecule has 0 aliphatic heterocycles. The maximum absolute atomic E-state index is 11.7. The third-order valence-electron chi connectivity index (χ3n) is 6.46. The van der Waals surface area contributed by atoms with Crippen LogP contribution in [0.25, 0.3) is 22.3 Å². The number of sulfone groups is 1. The van der Waals surface area contributed by atoms with Crippen LogP contribution < -0.4 is 20.7 Å². The van der Waals surface area contributed by atoms with Crippen molar-refractivity contribution in [1.82, 2.24) is 19.5 Å². The number of imidazole rings is 1. The molecule has 0 amide bonds. The van der Waals surface area contributed by atoms with Gasteiger partial charge in [-0.1, -0.05) is 24.3 Å². The Morgan fingerprint density at radius 3 is 2.46 bits per heavy atom. The van der Waals surface area contributed by atoms with Gasteiger partial charge in [0, 0.05) is 44.5 Å². The van der Waals surface area contributed by atoms with Crippen molar-refractivity contribution in [3.8, 4) is 17.0 Å². The fourth-order valence-corrected chi connectivity index (χ4v) is 5.32. The number of nitrogens with one attached hydrogen (secondary N) is 3. The van der Waals surface area contributed by atoms with Crippen LogP contribution in [0.3, 0.4) is 0 Å². The summed E-state index contributed by atoms with van der Waals surface area (Å²) in [6, 6.07) is 21.0. The van der Waals surface area contributed by atoms with Crippen LogP contribution in [0.2, 0.25) is 0 Å². The van der Waals surface area contributed by atoms with Crippen molar-refractivity contribution in [2.75, 3.05) is 36.4 Å². The van der Waals surface area contributed by atoms with Crippen molar-refractivity contribution < 1.29 is 13.2 Å². The van der Waals surface area contributed by atoms with E-state index in [2.05, 4.69) is 20.9 Å². The molecule has 2 heterocycles. The summed E-state index contributed by atoms with van der Waals surface area (Å²) in [5.74, 6) is 1.90. The highest BCUT2D eigenvalue weighted by atomic mass is 35.5. The van der Waals surface area contributed by atoms with Crippen LogP contribution >= 0.6 is 12.4 Å². The van der Waals surface area contributed by atoms with E-state index in [-0.39, 0.29) is 18.2 Å². The Morgan fingerprint density at radius 2 is 1.76 bits per heavy atom. The van der Waals surface area contributed by atoms with E-state index in [4.69, 9.17) is 14.7 Å². The molecule has 0 radical (unpaired) electrons. The van der Waals surface area contributed by atoms with Crippen molar-refractivity contribution in [2.45, 2.75) is 12.3 Å². The molecule has 0 atom stereocenters. The first kappa shape index (κ1) is 29.6. The molecule has 0 aliphatic carbocycles. The highest BCUT2D eigenvalue weighted by molar-refractivity contribution is 7.89. The number of hydrogen-bond acceptors (Lipinski definition) is 9. The number of aryl methyl sites for hydroxylation is 1. The Kier molecular flexibility index (Phi) is 8.99. The number of methoxy groups -OCH3 is 1. The molecule has 214 valence electrons. The van der Waals surface area contributed by atoms with Gasteiger partial charge in [0.25, 0.3) is 0 Å². The smallest absolute Gasteiger partial charge is 0.227 e. The number of ether oxygens (including phenoxy) is 1. The quantitative estimate of drug-likeness (QED) is 0.195. The molecule has 0 saturated carbocycles. The molecule has 0 saturated heterocycles. The Morgan fingerprint density at radius 1 is 0.976 bits per heavy atom. The van der Waals surface area contributed by atoms with E-state index in [9.17, 15) is 8.42 Å². The molecular weight excluding hydrogens is 562 g/mol. The van der Waals surface area contributed by atoms with Crippen LogP contribution in [0.5, 0.6) is 5.75 Å². The summed E-state index contributed by atoms with van der Waals surface area (Å²) >= 11 is 0. The first-order valence-corrected chi connectivity index (χ1v) is 14.7. The van der Waals surface area contributed by atoms with Gasteiger partial charge in [0.15, 0.2) is 9.84 Å². The lowest BCUT2D eigenvalue weighted by molar-refractivity contribution is 0.414. The number of anilines is 4. The van der Waals surface area contributed by atoms with Crippen LogP contribution in [0.4, 0.5) is 23.3 Å². The lowest BCUT2D eigenvalue weighted by atomic mass is 10.1. The number of fused-ring (bicyclic) bond motifs is 1. The van der Waals surface area contributed by atoms with Gasteiger partial charge >= 0.3 is 0 Å². The highest BCUT2D eigenvalue weighted by Gasteiger charge is 2.18. The number of nitrogens with zero attached hydrogens (tertiary/aromatic N) is 4. The zero-order chi connectivity index (χ0) is 28.3. The van der Waals surface area contributed by atoms with Crippen LogP contribution in [0, 0.1) is 0 Å². The van der Waals surface area contributed by atoms with Crippen LogP contribution in [-0.2, 0) is 29.2 Å². The molecule has 41 heavy (non-hydrogen) atoms. The second-order valence-corrected chi connectivity index (χ2v) is 11.6. The molecule has 5 rings (SSSR count). The minimum atomic E-state index is -3.15. The average molecular weight is 594 g/mol. The topological polar surface area (TPSA) is 123 Å². The first-order chi connectivity index (χ1) is 19.2. The Bertz CT molecular complexity index is 1770. The molecule has 2 aromatic heterocycles. The maximum atomic E-state index is 11.7. The third-order valence-corrected chi connectivity index (χ3v) is 7.31. The summed E-state index contributed by atoms with van der Waals surface area (Å²) in [4.78, 5) is 14.1. The highest BCUT2D eigenvalue weighted by Crippen LogP contribution is 2.35. The lowest BCUT2D eigenvalue weighted by Gasteiger charge is -2.12. The van der Waals surface area contributed by atoms with Gasteiger partial charge in [0.2, 0.25) is 11.9 Å². The summed E-state index contributed by atoms with van der Waals surface area (Å²) < 4.78 is 30.7. The number of aromatic nitrogens is 4. The summed E-state index contributed by atoms with van der Waals surface area (Å²) in [5, 5.41) is 9.91. The molecule has 0 fully saturated rings. The van der Waals surface area contributed by atoms with Gasteiger partial charge in [-0.25, -0.2) is 23.4 Å². The SMILES string of the molecule is CNc1ccc2c(nc(NCc3ccc(OC)cc3)n2C)c1-c1ccnc(Nc2cccc(CS(C)(=O)=O)c2)n1.Cl. The summed E-state index contributed by atoms with van der Waals surface area (Å²) in [5.41, 5.74) is 6.67. The maximum Gasteiger partial charge on any atom is 0.227 e. The van der Waals surface area contributed by atoms with E-state index >= 15 is 0 Å². The average Bonchev–Trinajstić information content (AvgIpc) is 3.26. The monoisotopic (exact) mass is 593 g/mol. The zero-order valence-corrected chi connectivity index (χ0v) is 24.8. The van der Waals surface area contributed by atoms with Gasteiger partial charge in [-0.2, -0.15) is 0 Å². The Balaban J connectivity index is 0.00000387. The molecule has 0 bridgehead atoms. The van der Waals surface area contributed by atoms with E-state index in [0.717, 1.165) is 39.5 Å². The zero-order valence-electron chi connectivity index (χ0n) is 23.2. The van der Waals surface area contributed by atoms with E-state index < -0.39 is 9.84 Å². The van der Waals surface area contributed by atoms with Crippen LogP contribution in [0.15, 0.2) is 72.9 Å². The van der Waals surface area contributed by atoms with Crippen molar-refractivity contribution in [2.24, 2.45) is 7.05 Å². The van der Waals surface area contributed by atoms with Gasteiger partial charge in [0.1, 0.15) is 11.3 Å². The summed E-state index contributed by atoms with van der Waals surface area (Å²) in [6.07, 6.45) is 2.91. The second-order valence-electron chi connectivity index (χ2n) is 9.46. The van der Waals surface area contributed by atoms with Crippen molar-refractivity contribution in [3.05, 3.63) is 84.1 Å². The van der Waals surface area contributed by atoms with Crippen LogP contribution in [0.1, 0.15) is 11.1 Å². The Labute approximate surface area is 245 Å². The minimum Gasteiger partial charge on any atom is -0.497 e. The summed E-state index contributed by atoms with van der Waals surface area (Å²) in [6.45, 7) is 0.606. The number of halogens is 1. The third kappa shape index (κ3) is 6.87. The normalized spacial score (nSPS) is 11.1. The number of hydrogen-bond donors (Lipinski definition) is 3. The van der Waals surface area contributed by atoms with Gasteiger partial charge in [-0.05, 0) is 53.6 Å². The molecule has 0 aliphatic rings.